The van der Waals surface area contributed by atoms with E-state index in [9.17, 15) is 22.7 Å². The van der Waals surface area contributed by atoms with Gasteiger partial charge in [-0.25, -0.2) is 4.39 Å². The van der Waals surface area contributed by atoms with Crippen molar-refractivity contribution in [1.82, 2.24) is 0 Å². The Bertz CT molecular complexity index is 391. The van der Waals surface area contributed by atoms with Gasteiger partial charge in [-0.15, -0.1) is 0 Å². The first-order valence-electron chi connectivity index (χ1n) is 4.48. The first kappa shape index (κ1) is 12.9. The van der Waals surface area contributed by atoms with Gasteiger partial charge in [0, 0.05) is 12.1 Å². The molecule has 0 saturated heterocycles. The van der Waals surface area contributed by atoms with Gasteiger partial charge in [0.25, 0.3) is 0 Å². The molecule has 1 rings (SSSR count). The average Bonchev–Trinajstić information content (AvgIpc) is 2.19. The molecule has 0 aromatic heterocycles. The largest absolute Gasteiger partial charge is 0.422 e. The summed E-state index contributed by atoms with van der Waals surface area (Å²) in [5.74, 6) is -1.13. The molecule has 0 heterocycles. The standard InChI is InChI=1S/C10H11F4NO/c1-6-2-3-8(11)7(4-6)9(16,5-15)10(12,13)14/h2-4,16H,5,15H2,1H3. The highest BCUT2D eigenvalue weighted by atomic mass is 19.4. The van der Waals surface area contributed by atoms with Crippen molar-refractivity contribution in [3.8, 4) is 0 Å². The second kappa shape index (κ2) is 4.03. The second-order valence-electron chi connectivity index (χ2n) is 3.55. The normalized spacial score (nSPS) is 15.9. The molecule has 0 aliphatic carbocycles. The van der Waals surface area contributed by atoms with Gasteiger partial charge in [-0.3, -0.25) is 0 Å². The van der Waals surface area contributed by atoms with Crippen LogP contribution in [-0.4, -0.2) is 17.8 Å². The fourth-order valence-electron chi connectivity index (χ4n) is 1.33. The molecule has 3 N–H and O–H groups in total. The lowest BCUT2D eigenvalue weighted by molar-refractivity contribution is -0.263. The minimum Gasteiger partial charge on any atom is -0.375 e. The van der Waals surface area contributed by atoms with Crippen molar-refractivity contribution < 1.29 is 22.7 Å². The van der Waals surface area contributed by atoms with Crippen molar-refractivity contribution in [2.24, 2.45) is 5.73 Å². The molecule has 1 aromatic rings. The van der Waals surface area contributed by atoms with Crippen LogP contribution in [0.25, 0.3) is 0 Å². The molecule has 0 fully saturated rings. The molecular weight excluding hydrogens is 226 g/mol. The van der Waals surface area contributed by atoms with E-state index in [1.807, 2.05) is 0 Å². The predicted octanol–water partition coefficient (Wildman–Crippen LogP) is 1.84. The zero-order chi connectivity index (χ0) is 12.6. The van der Waals surface area contributed by atoms with Crippen molar-refractivity contribution in [3.63, 3.8) is 0 Å². The van der Waals surface area contributed by atoms with Crippen LogP contribution in [0.15, 0.2) is 18.2 Å². The fourth-order valence-corrected chi connectivity index (χ4v) is 1.33. The Balaban J connectivity index is 3.39. The van der Waals surface area contributed by atoms with Crippen LogP contribution in [0.4, 0.5) is 17.6 Å². The molecule has 0 radical (unpaired) electrons. The maximum absolute atomic E-state index is 13.3. The van der Waals surface area contributed by atoms with Crippen molar-refractivity contribution >= 4 is 0 Å². The highest BCUT2D eigenvalue weighted by Crippen LogP contribution is 2.39. The summed E-state index contributed by atoms with van der Waals surface area (Å²) in [4.78, 5) is 0. The monoisotopic (exact) mass is 237 g/mol. The summed E-state index contributed by atoms with van der Waals surface area (Å²) in [5, 5.41) is 9.44. The number of aryl methyl sites for hydroxylation is 1. The lowest BCUT2D eigenvalue weighted by Gasteiger charge is -2.30. The maximum atomic E-state index is 13.3. The Kier molecular flexibility index (Phi) is 3.25. The number of hydrogen-bond acceptors (Lipinski definition) is 2. The van der Waals surface area contributed by atoms with Gasteiger partial charge in [-0.05, 0) is 19.1 Å². The number of halogens is 4. The first-order valence-corrected chi connectivity index (χ1v) is 4.48. The van der Waals surface area contributed by atoms with Crippen molar-refractivity contribution in [1.29, 1.82) is 0 Å². The minimum atomic E-state index is -5.02. The van der Waals surface area contributed by atoms with Crippen LogP contribution < -0.4 is 5.73 Å². The Morgan fingerprint density at radius 2 is 1.88 bits per heavy atom. The number of alkyl halides is 3. The van der Waals surface area contributed by atoms with E-state index in [1.165, 1.54) is 13.0 Å². The summed E-state index contributed by atoms with van der Waals surface area (Å²) in [6.07, 6.45) is -5.02. The lowest BCUT2D eigenvalue weighted by Crippen LogP contribution is -2.48. The summed E-state index contributed by atoms with van der Waals surface area (Å²) in [7, 11) is 0. The van der Waals surface area contributed by atoms with Gasteiger partial charge in [0.2, 0.25) is 5.60 Å². The van der Waals surface area contributed by atoms with Gasteiger partial charge in [-0.2, -0.15) is 13.2 Å². The average molecular weight is 237 g/mol. The highest BCUT2D eigenvalue weighted by molar-refractivity contribution is 5.30. The quantitative estimate of drug-likeness (QED) is 0.771. The minimum absolute atomic E-state index is 0.410. The van der Waals surface area contributed by atoms with Crippen LogP contribution in [0, 0.1) is 12.7 Å². The van der Waals surface area contributed by atoms with Crippen LogP contribution in [0.1, 0.15) is 11.1 Å². The Morgan fingerprint density at radius 3 is 2.31 bits per heavy atom. The smallest absolute Gasteiger partial charge is 0.375 e. The zero-order valence-electron chi connectivity index (χ0n) is 8.48. The molecule has 1 aromatic carbocycles. The van der Waals surface area contributed by atoms with Crippen LogP contribution in [0.5, 0.6) is 0 Å². The molecule has 90 valence electrons. The van der Waals surface area contributed by atoms with Gasteiger partial charge in [0.05, 0.1) is 0 Å². The third-order valence-electron chi connectivity index (χ3n) is 2.33. The lowest BCUT2D eigenvalue weighted by atomic mass is 9.91. The van der Waals surface area contributed by atoms with Gasteiger partial charge in [0.15, 0.2) is 0 Å². The molecule has 2 nitrogen and oxygen atoms in total. The third-order valence-corrected chi connectivity index (χ3v) is 2.33. The van der Waals surface area contributed by atoms with Crippen LogP contribution >= 0.6 is 0 Å². The van der Waals surface area contributed by atoms with Gasteiger partial charge >= 0.3 is 6.18 Å². The van der Waals surface area contributed by atoms with Gasteiger partial charge in [-0.1, -0.05) is 11.6 Å². The van der Waals surface area contributed by atoms with Crippen molar-refractivity contribution in [3.05, 3.63) is 35.1 Å². The maximum Gasteiger partial charge on any atom is 0.422 e. The van der Waals surface area contributed by atoms with Crippen molar-refractivity contribution in [2.75, 3.05) is 6.54 Å². The Morgan fingerprint density at radius 1 is 1.31 bits per heavy atom. The molecule has 0 spiro atoms. The molecule has 0 bridgehead atoms. The van der Waals surface area contributed by atoms with Crippen LogP contribution in [0.3, 0.4) is 0 Å². The molecule has 6 heteroatoms. The number of rotatable bonds is 2. The number of benzene rings is 1. The van der Waals surface area contributed by atoms with E-state index in [0.29, 0.717) is 5.56 Å². The first-order chi connectivity index (χ1) is 7.22. The van der Waals surface area contributed by atoms with E-state index >= 15 is 0 Å². The number of hydrogen-bond donors (Lipinski definition) is 2. The van der Waals surface area contributed by atoms with Crippen LogP contribution in [-0.2, 0) is 5.60 Å². The molecule has 1 atom stereocenters. The number of nitrogens with two attached hydrogens (primary N) is 1. The Labute approximate surface area is 89.7 Å². The van der Waals surface area contributed by atoms with E-state index < -0.39 is 29.7 Å². The molecule has 0 aliphatic rings. The zero-order valence-corrected chi connectivity index (χ0v) is 8.48. The Hall–Kier alpha value is -1.14. The molecule has 0 amide bonds. The SMILES string of the molecule is Cc1ccc(F)c(C(O)(CN)C(F)(F)F)c1. The van der Waals surface area contributed by atoms with Crippen LogP contribution in [0.2, 0.25) is 0 Å². The van der Waals surface area contributed by atoms with E-state index in [-0.39, 0.29) is 0 Å². The fraction of sp³-hybridized carbons (Fsp3) is 0.400. The van der Waals surface area contributed by atoms with E-state index in [2.05, 4.69) is 0 Å². The molecular formula is C10H11F4NO. The molecule has 1 unspecified atom stereocenters. The van der Waals surface area contributed by atoms with E-state index in [4.69, 9.17) is 5.73 Å². The van der Waals surface area contributed by atoms with Gasteiger partial charge < -0.3 is 10.8 Å². The summed E-state index contributed by atoms with van der Waals surface area (Å²) in [6, 6.07) is 3.12. The topological polar surface area (TPSA) is 46.2 Å². The second-order valence-corrected chi connectivity index (χ2v) is 3.55. The summed E-state index contributed by atoms with van der Waals surface area (Å²) in [6.45, 7) is 0.368. The van der Waals surface area contributed by atoms with Crippen molar-refractivity contribution in [2.45, 2.75) is 18.7 Å². The molecule has 0 saturated carbocycles. The van der Waals surface area contributed by atoms with Gasteiger partial charge in [0.1, 0.15) is 5.82 Å². The summed E-state index contributed by atoms with van der Waals surface area (Å²) in [5.41, 5.74) is 1.13. The number of aliphatic hydroxyl groups is 1. The third kappa shape index (κ3) is 2.03. The summed E-state index contributed by atoms with van der Waals surface area (Å²) >= 11 is 0. The predicted molar refractivity (Wildman–Crippen MR) is 50.1 cm³/mol. The van der Waals surface area contributed by atoms with E-state index in [1.54, 1.807) is 0 Å². The summed E-state index contributed by atoms with van der Waals surface area (Å²) < 4.78 is 51.1. The van der Waals surface area contributed by atoms with E-state index in [0.717, 1.165) is 12.1 Å². The molecule has 0 aliphatic heterocycles. The highest BCUT2D eigenvalue weighted by Gasteiger charge is 2.55. The molecule has 16 heavy (non-hydrogen) atoms.